The molecule has 2 unspecified atom stereocenters. The van der Waals surface area contributed by atoms with E-state index < -0.39 is 11.2 Å². The second-order valence-corrected chi connectivity index (χ2v) is 14.3. The number of benzene rings is 2. The highest BCUT2D eigenvalue weighted by atomic mass is 16.6. The Bertz CT molecular complexity index is 1140. The third kappa shape index (κ3) is 20.6. The van der Waals surface area contributed by atoms with Crippen molar-refractivity contribution in [3.8, 4) is 11.5 Å². The van der Waals surface area contributed by atoms with Crippen molar-refractivity contribution in [3.05, 3.63) is 60.7 Å². The number of phenolic OH excluding ortho intramolecular Hbond substituents is 1. The zero-order valence-corrected chi connectivity index (χ0v) is 30.1. The van der Waals surface area contributed by atoms with Gasteiger partial charge in [-0.1, -0.05) is 43.8 Å². The molecule has 3 heterocycles. The van der Waals surface area contributed by atoms with E-state index in [1.54, 1.807) is 34.1 Å². The van der Waals surface area contributed by atoms with Gasteiger partial charge in [-0.25, -0.2) is 9.59 Å². The van der Waals surface area contributed by atoms with Gasteiger partial charge in [-0.05, 0) is 110 Å². The normalized spacial score (nSPS) is 18.8. The number of carbonyl (C=O) groups is 2. The number of carbonyl (C=O) groups excluding carboxylic acids is 2. The van der Waals surface area contributed by atoms with Crippen LogP contribution in [-0.4, -0.2) is 96.0 Å². The number of amides is 2. The van der Waals surface area contributed by atoms with Gasteiger partial charge in [0.1, 0.15) is 22.7 Å². The van der Waals surface area contributed by atoms with Crippen LogP contribution in [0.1, 0.15) is 87.5 Å². The predicted molar refractivity (Wildman–Crippen MR) is 195 cm³/mol. The van der Waals surface area contributed by atoms with Crippen LogP contribution in [0, 0.1) is 11.8 Å². The van der Waals surface area contributed by atoms with Crippen molar-refractivity contribution in [2.45, 2.75) is 98.7 Å². The number of likely N-dealkylation sites (tertiary alicyclic amines) is 2. The van der Waals surface area contributed by atoms with Gasteiger partial charge >= 0.3 is 12.2 Å². The van der Waals surface area contributed by atoms with Crippen molar-refractivity contribution in [1.82, 2.24) is 9.80 Å². The SMILES string of the molecule is C.C1CCOC1.CC(C)(C)OC(=O)N1CCCC(CO)C1.CC(C)(C)OC(=O)N1CCCC(COc2ccccc2)C1.Oc1ccccc1. The zero-order valence-electron chi connectivity index (χ0n) is 30.1. The van der Waals surface area contributed by atoms with Crippen LogP contribution >= 0.6 is 0 Å². The largest absolute Gasteiger partial charge is 0.508 e. The fraction of sp³-hybridized carbons (Fsp3) is 0.641. The molecule has 2 amide bonds. The fourth-order valence-electron chi connectivity index (χ4n) is 5.07. The number of ether oxygens (including phenoxy) is 4. The van der Waals surface area contributed by atoms with Crippen LogP contribution in [0.4, 0.5) is 9.59 Å². The van der Waals surface area contributed by atoms with Crippen LogP contribution in [-0.2, 0) is 14.2 Å². The molecule has 2 atom stereocenters. The summed E-state index contributed by atoms with van der Waals surface area (Å²) in [5.74, 6) is 1.78. The number of hydrogen-bond donors (Lipinski definition) is 2. The number of para-hydroxylation sites is 2. The molecule has 2 N–H and O–H groups in total. The third-order valence-corrected chi connectivity index (χ3v) is 7.41. The Hall–Kier alpha value is -3.50. The molecular weight excluding hydrogens is 624 g/mol. The van der Waals surface area contributed by atoms with Crippen LogP contribution in [0.15, 0.2) is 60.7 Å². The van der Waals surface area contributed by atoms with E-state index in [-0.39, 0.29) is 32.1 Å². The van der Waals surface area contributed by atoms with Crippen molar-refractivity contribution in [2.24, 2.45) is 11.8 Å². The zero-order chi connectivity index (χ0) is 35.4. The maximum Gasteiger partial charge on any atom is 0.410 e. The average molecular weight is 689 g/mol. The number of phenols is 1. The Labute approximate surface area is 295 Å². The number of aromatic hydroxyl groups is 1. The lowest BCUT2D eigenvalue weighted by Gasteiger charge is -2.34. The van der Waals surface area contributed by atoms with Crippen LogP contribution in [0.2, 0.25) is 0 Å². The molecule has 0 bridgehead atoms. The van der Waals surface area contributed by atoms with Crippen molar-refractivity contribution in [2.75, 3.05) is 52.6 Å². The maximum absolute atomic E-state index is 12.1. The first kappa shape index (κ1) is 43.5. The topological polar surface area (TPSA) is 118 Å². The highest BCUT2D eigenvalue weighted by molar-refractivity contribution is 5.68. The Morgan fingerprint density at radius 2 is 1.18 bits per heavy atom. The lowest BCUT2D eigenvalue weighted by Crippen LogP contribution is -2.44. The van der Waals surface area contributed by atoms with E-state index in [1.807, 2.05) is 77.9 Å². The molecule has 49 heavy (non-hydrogen) atoms. The summed E-state index contributed by atoms with van der Waals surface area (Å²) in [6.45, 7) is 16.9. The maximum atomic E-state index is 12.1. The molecule has 2 aromatic rings. The molecule has 3 aliphatic rings. The summed E-state index contributed by atoms with van der Waals surface area (Å²) in [5.41, 5.74) is -0.881. The van der Waals surface area contributed by atoms with E-state index in [0.717, 1.165) is 57.7 Å². The number of aliphatic hydroxyl groups is 1. The number of nitrogens with zero attached hydrogens (tertiary/aromatic N) is 2. The van der Waals surface area contributed by atoms with E-state index in [1.165, 1.54) is 12.8 Å². The quantitative estimate of drug-likeness (QED) is 0.331. The van der Waals surface area contributed by atoms with E-state index >= 15 is 0 Å². The lowest BCUT2D eigenvalue weighted by atomic mass is 9.99. The molecule has 0 saturated carbocycles. The standard InChI is InChI=1S/C17H25NO3.C11H21NO3.C6H6O.C4H8O.CH4/c1-17(2,3)21-16(19)18-11-7-8-14(12-18)13-20-15-9-5-4-6-10-15;1-11(2,3)15-10(14)12-6-4-5-9(7-12)8-13;7-6-4-2-1-3-5-6;1-2-4-5-3-1;/h4-6,9-10,14H,7-8,11-13H2,1-3H3;9,13H,4-8H2,1-3H3;1-5,7H;1-4H2;1H4. The number of hydrogen-bond acceptors (Lipinski definition) is 8. The molecular formula is C39H64N2O8. The van der Waals surface area contributed by atoms with E-state index in [4.69, 9.17) is 29.2 Å². The minimum absolute atomic E-state index is 0. The van der Waals surface area contributed by atoms with Crippen LogP contribution < -0.4 is 4.74 Å². The van der Waals surface area contributed by atoms with Gasteiger partial charge in [0.25, 0.3) is 0 Å². The van der Waals surface area contributed by atoms with E-state index in [0.29, 0.717) is 31.4 Å². The monoisotopic (exact) mass is 688 g/mol. The second-order valence-electron chi connectivity index (χ2n) is 14.3. The second kappa shape index (κ2) is 23.0. The van der Waals surface area contributed by atoms with Gasteiger partial charge in [0.2, 0.25) is 0 Å². The average Bonchev–Trinajstić information content (AvgIpc) is 3.65. The van der Waals surface area contributed by atoms with Gasteiger partial charge < -0.3 is 39.0 Å². The molecule has 10 heteroatoms. The molecule has 5 rings (SSSR count). The molecule has 10 nitrogen and oxygen atoms in total. The van der Waals surface area contributed by atoms with Gasteiger partial charge in [-0.2, -0.15) is 0 Å². The summed E-state index contributed by atoms with van der Waals surface area (Å²) in [5, 5.41) is 17.7. The summed E-state index contributed by atoms with van der Waals surface area (Å²) in [7, 11) is 0. The van der Waals surface area contributed by atoms with Crippen molar-refractivity contribution in [1.29, 1.82) is 0 Å². The molecule has 3 aliphatic heterocycles. The minimum Gasteiger partial charge on any atom is -0.508 e. The van der Waals surface area contributed by atoms with Gasteiger partial charge in [-0.15, -0.1) is 0 Å². The highest BCUT2D eigenvalue weighted by Gasteiger charge is 2.28. The van der Waals surface area contributed by atoms with Gasteiger partial charge in [0, 0.05) is 51.9 Å². The van der Waals surface area contributed by atoms with E-state index in [2.05, 4.69) is 0 Å². The van der Waals surface area contributed by atoms with Crippen LogP contribution in [0.3, 0.4) is 0 Å². The minimum atomic E-state index is -0.441. The van der Waals surface area contributed by atoms with Crippen molar-refractivity contribution < 1.29 is 38.7 Å². The van der Waals surface area contributed by atoms with Crippen LogP contribution in [0.25, 0.3) is 0 Å². The number of piperidine rings is 2. The smallest absolute Gasteiger partial charge is 0.410 e. The Balaban J connectivity index is 0.000000369. The first-order chi connectivity index (χ1) is 22.8. The first-order valence-electron chi connectivity index (χ1n) is 17.3. The highest BCUT2D eigenvalue weighted by Crippen LogP contribution is 2.21. The number of aliphatic hydroxyl groups excluding tert-OH is 1. The van der Waals surface area contributed by atoms with Gasteiger partial charge in [-0.3, -0.25) is 0 Å². The Morgan fingerprint density at radius 1 is 0.735 bits per heavy atom. The molecule has 3 fully saturated rings. The summed E-state index contributed by atoms with van der Waals surface area (Å²) < 4.78 is 21.4. The number of rotatable bonds is 4. The van der Waals surface area contributed by atoms with Crippen LogP contribution in [0.5, 0.6) is 11.5 Å². The predicted octanol–water partition coefficient (Wildman–Crippen LogP) is 8.16. The van der Waals surface area contributed by atoms with Gasteiger partial charge in [0.05, 0.1) is 6.61 Å². The molecule has 278 valence electrons. The van der Waals surface area contributed by atoms with Crippen molar-refractivity contribution >= 4 is 12.2 Å². The molecule has 0 radical (unpaired) electrons. The van der Waals surface area contributed by atoms with Crippen molar-refractivity contribution in [3.63, 3.8) is 0 Å². The lowest BCUT2D eigenvalue weighted by molar-refractivity contribution is 0.0125. The summed E-state index contributed by atoms with van der Waals surface area (Å²) >= 11 is 0. The fourth-order valence-corrected chi connectivity index (χ4v) is 5.07. The van der Waals surface area contributed by atoms with E-state index in [9.17, 15) is 9.59 Å². The molecule has 0 spiro atoms. The molecule has 0 aromatic heterocycles. The summed E-state index contributed by atoms with van der Waals surface area (Å²) in [4.78, 5) is 27.3. The summed E-state index contributed by atoms with van der Waals surface area (Å²) in [6.07, 6.45) is 6.11. The molecule has 0 aliphatic carbocycles. The Kier molecular flexibility index (Phi) is 20.4. The Morgan fingerprint density at radius 3 is 1.57 bits per heavy atom. The summed E-state index contributed by atoms with van der Waals surface area (Å²) in [6, 6.07) is 18.5. The van der Waals surface area contributed by atoms with Gasteiger partial charge in [0.15, 0.2) is 0 Å². The first-order valence-corrected chi connectivity index (χ1v) is 17.3. The third-order valence-electron chi connectivity index (χ3n) is 7.41. The molecule has 3 saturated heterocycles. The molecule has 2 aromatic carbocycles.